The van der Waals surface area contributed by atoms with Crippen molar-refractivity contribution in [3.8, 4) is 6.07 Å². The van der Waals surface area contributed by atoms with Crippen molar-refractivity contribution in [3.05, 3.63) is 59.4 Å². The average Bonchev–Trinajstić information content (AvgIpc) is 2.42. The highest BCUT2D eigenvalue weighted by Crippen LogP contribution is 2.20. The first kappa shape index (κ1) is 12.0. The van der Waals surface area contributed by atoms with Gasteiger partial charge in [0.25, 0.3) is 0 Å². The number of pyridine rings is 1. The molecule has 0 saturated heterocycles. The molecule has 0 aliphatic heterocycles. The van der Waals surface area contributed by atoms with Crippen LogP contribution >= 0.6 is 0 Å². The summed E-state index contributed by atoms with van der Waals surface area (Å²) in [6.07, 6.45) is 1.62. The average molecular weight is 245 g/mol. The third-order valence-corrected chi connectivity index (χ3v) is 2.39. The van der Waals surface area contributed by atoms with Gasteiger partial charge in [-0.15, -0.1) is 0 Å². The summed E-state index contributed by atoms with van der Waals surface area (Å²) < 4.78 is 26.9. The van der Waals surface area contributed by atoms with Crippen molar-refractivity contribution in [2.24, 2.45) is 0 Å². The second kappa shape index (κ2) is 5.23. The number of benzene rings is 1. The molecule has 0 fully saturated rings. The quantitative estimate of drug-likeness (QED) is 0.904. The number of hydrogen-bond acceptors (Lipinski definition) is 3. The molecule has 1 aromatic carbocycles. The lowest BCUT2D eigenvalue weighted by atomic mass is 10.2. The molecule has 2 aromatic rings. The SMILES string of the molecule is N#Cc1ccc(NCc2ccccn2)c(F)c1F. The molecule has 0 atom stereocenters. The van der Waals surface area contributed by atoms with Crippen LogP contribution in [0.5, 0.6) is 0 Å². The van der Waals surface area contributed by atoms with E-state index in [9.17, 15) is 8.78 Å². The maximum atomic E-state index is 13.5. The third kappa shape index (κ3) is 2.43. The van der Waals surface area contributed by atoms with Crippen molar-refractivity contribution in [3.63, 3.8) is 0 Å². The van der Waals surface area contributed by atoms with E-state index in [0.29, 0.717) is 5.69 Å². The second-order valence-electron chi connectivity index (χ2n) is 3.58. The van der Waals surface area contributed by atoms with E-state index >= 15 is 0 Å². The largest absolute Gasteiger partial charge is 0.377 e. The highest BCUT2D eigenvalue weighted by molar-refractivity contribution is 5.49. The van der Waals surface area contributed by atoms with Crippen LogP contribution in [0.15, 0.2) is 36.5 Å². The van der Waals surface area contributed by atoms with Crippen molar-refractivity contribution >= 4 is 5.69 Å². The fourth-order valence-electron chi connectivity index (χ4n) is 1.46. The molecule has 0 amide bonds. The summed E-state index contributed by atoms with van der Waals surface area (Å²) in [5, 5.41) is 11.3. The molecule has 0 spiro atoms. The van der Waals surface area contributed by atoms with Crippen molar-refractivity contribution < 1.29 is 8.78 Å². The minimum atomic E-state index is -1.14. The highest BCUT2D eigenvalue weighted by atomic mass is 19.2. The fourth-order valence-corrected chi connectivity index (χ4v) is 1.46. The normalized spacial score (nSPS) is 9.83. The molecule has 1 heterocycles. The van der Waals surface area contributed by atoms with Crippen LogP contribution in [0.25, 0.3) is 0 Å². The Balaban J connectivity index is 2.16. The Labute approximate surface area is 103 Å². The molecule has 0 aliphatic rings. The fraction of sp³-hybridized carbons (Fsp3) is 0.0769. The Morgan fingerprint density at radius 1 is 1.17 bits per heavy atom. The molecule has 5 heteroatoms. The van der Waals surface area contributed by atoms with E-state index in [1.807, 2.05) is 0 Å². The summed E-state index contributed by atoms with van der Waals surface area (Å²) in [7, 11) is 0. The second-order valence-corrected chi connectivity index (χ2v) is 3.58. The van der Waals surface area contributed by atoms with Gasteiger partial charge in [-0.2, -0.15) is 5.26 Å². The summed E-state index contributed by atoms with van der Waals surface area (Å²) in [5.41, 5.74) is 0.412. The summed E-state index contributed by atoms with van der Waals surface area (Å²) in [6.45, 7) is 0.281. The number of halogens is 2. The molecular formula is C13H9F2N3. The topological polar surface area (TPSA) is 48.7 Å². The van der Waals surface area contributed by atoms with Crippen molar-refractivity contribution in [2.45, 2.75) is 6.54 Å². The van der Waals surface area contributed by atoms with Crippen LogP contribution in [0.2, 0.25) is 0 Å². The predicted octanol–water partition coefficient (Wildman–Crippen LogP) is 2.84. The van der Waals surface area contributed by atoms with Crippen LogP contribution in [0.3, 0.4) is 0 Å². The first-order valence-corrected chi connectivity index (χ1v) is 5.24. The molecule has 3 nitrogen and oxygen atoms in total. The lowest BCUT2D eigenvalue weighted by Crippen LogP contribution is -2.04. The van der Waals surface area contributed by atoms with Crippen molar-refractivity contribution in [1.82, 2.24) is 4.98 Å². The lowest BCUT2D eigenvalue weighted by molar-refractivity contribution is 0.508. The van der Waals surface area contributed by atoms with Gasteiger partial charge in [0.15, 0.2) is 11.6 Å². The first-order valence-electron chi connectivity index (χ1n) is 5.24. The van der Waals surface area contributed by atoms with E-state index in [-0.39, 0.29) is 17.8 Å². The lowest BCUT2D eigenvalue weighted by Gasteiger charge is -2.08. The van der Waals surface area contributed by atoms with Gasteiger partial charge in [-0.05, 0) is 24.3 Å². The van der Waals surface area contributed by atoms with E-state index in [2.05, 4.69) is 10.3 Å². The van der Waals surface area contributed by atoms with E-state index in [1.54, 1.807) is 30.5 Å². The van der Waals surface area contributed by atoms with E-state index < -0.39 is 11.6 Å². The van der Waals surface area contributed by atoms with Gasteiger partial charge < -0.3 is 5.32 Å². The molecule has 0 unspecified atom stereocenters. The molecule has 0 saturated carbocycles. The summed E-state index contributed by atoms with van der Waals surface area (Å²) >= 11 is 0. The van der Waals surface area contributed by atoms with Crippen LogP contribution < -0.4 is 5.32 Å². The number of nitrogens with one attached hydrogen (secondary N) is 1. The van der Waals surface area contributed by atoms with Crippen LogP contribution in [-0.2, 0) is 6.54 Å². The van der Waals surface area contributed by atoms with Crippen LogP contribution in [0.4, 0.5) is 14.5 Å². The Morgan fingerprint density at radius 3 is 2.67 bits per heavy atom. The molecular weight excluding hydrogens is 236 g/mol. The van der Waals surface area contributed by atoms with E-state index in [4.69, 9.17) is 5.26 Å². The Morgan fingerprint density at radius 2 is 2.00 bits per heavy atom. The minimum absolute atomic E-state index is 0.0113. The van der Waals surface area contributed by atoms with Gasteiger partial charge in [-0.25, -0.2) is 8.78 Å². The molecule has 0 aliphatic carbocycles. The van der Waals surface area contributed by atoms with Gasteiger partial charge in [-0.3, -0.25) is 4.98 Å². The van der Waals surface area contributed by atoms with Crippen LogP contribution in [-0.4, -0.2) is 4.98 Å². The maximum Gasteiger partial charge on any atom is 0.183 e. The van der Waals surface area contributed by atoms with Crippen molar-refractivity contribution in [2.75, 3.05) is 5.32 Å². The van der Waals surface area contributed by atoms with E-state index in [1.165, 1.54) is 12.1 Å². The van der Waals surface area contributed by atoms with Gasteiger partial charge in [0.05, 0.1) is 23.5 Å². The molecule has 1 N–H and O–H groups in total. The number of rotatable bonds is 3. The zero-order valence-corrected chi connectivity index (χ0v) is 9.32. The zero-order valence-electron chi connectivity index (χ0n) is 9.32. The molecule has 1 aromatic heterocycles. The minimum Gasteiger partial charge on any atom is -0.377 e. The molecule has 0 radical (unpaired) electrons. The third-order valence-electron chi connectivity index (χ3n) is 2.39. The molecule has 18 heavy (non-hydrogen) atoms. The van der Waals surface area contributed by atoms with Crippen LogP contribution in [0, 0.1) is 23.0 Å². The van der Waals surface area contributed by atoms with Crippen LogP contribution in [0.1, 0.15) is 11.3 Å². The van der Waals surface area contributed by atoms with Crippen molar-refractivity contribution in [1.29, 1.82) is 5.26 Å². The maximum absolute atomic E-state index is 13.5. The Bertz CT molecular complexity index is 591. The number of nitrogens with zero attached hydrogens (tertiary/aromatic N) is 2. The predicted molar refractivity (Wildman–Crippen MR) is 62.6 cm³/mol. The Hall–Kier alpha value is -2.48. The van der Waals surface area contributed by atoms with E-state index in [0.717, 1.165) is 0 Å². The van der Waals surface area contributed by atoms with Gasteiger partial charge >= 0.3 is 0 Å². The smallest absolute Gasteiger partial charge is 0.183 e. The first-order chi connectivity index (χ1) is 8.72. The van der Waals surface area contributed by atoms with Gasteiger partial charge in [-0.1, -0.05) is 6.07 Å². The molecule has 0 bridgehead atoms. The highest BCUT2D eigenvalue weighted by Gasteiger charge is 2.12. The van der Waals surface area contributed by atoms with Gasteiger partial charge in [0.2, 0.25) is 0 Å². The monoisotopic (exact) mass is 245 g/mol. The zero-order chi connectivity index (χ0) is 13.0. The number of aromatic nitrogens is 1. The van der Waals surface area contributed by atoms with Gasteiger partial charge in [0.1, 0.15) is 6.07 Å². The number of nitriles is 1. The number of hydrogen-bond donors (Lipinski definition) is 1. The standard InChI is InChI=1S/C13H9F2N3/c14-12-9(7-16)4-5-11(13(12)15)18-8-10-3-1-2-6-17-10/h1-6,18H,8H2. The summed E-state index contributed by atoms with van der Waals surface area (Å²) in [6, 6.07) is 9.49. The van der Waals surface area contributed by atoms with Gasteiger partial charge in [0, 0.05) is 6.20 Å². The number of anilines is 1. The summed E-state index contributed by atoms with van der Waals surface area (Å²) in [5.74, 6) is -2.19. The Kier molecular flexibility index (Phi) is 3.49. The summed E-state index contributed by atoms with van der Waals surface area (Å²) in [4.78, 5) is 4.05. The molecule has 2 rings (SSSR count). The molecule has 90 valence electrons.